The third-order valence-electron chi connectivity index (χ3n) is 1.27. The van der Waals surface area contributed by atoms with Crippen LogP contribution in [0, 0.1) is 0 Å². The summed E-state index contributed by atoms with van der Waals surface area (Å²) in [5.41, 5.74) is 0.706. The number of aliphatic hydroxyl groups excluding tert-OH is 1. The molecule has 1 rings (SSSR count). The third kappa shape index (κ3) is 1.27. The van der Waals surface area contributed by atoms with Crippen LogP contribution in [0.15, 0.2) is 23.8 Å². The van der Waals surface area contributed by atoms with Crippen LogP contribution < -0.4 is 0 Å². The lowest BCUT2D eigenvalue weighted by Gasteiger charge is -1.93. The second kappa shape index (κ2) is 2.60. The van der Waals surface area contributed by atoms with Gasteiger partial charge in [-0.25, -0.2) is 0 Å². The minimum atomic E-state index is -0.368. The number of rotatable bonds is 2. The Bertz CT molecular complexity index is 177. The van der Waals surface area contributed by atoms with Gasteiger partial charge in [0.1, 0.15) is 6.61 Å². The number of hydrogen-bond acceptors (Lipinski definition) is 2. The molecule has 0 bridgehead atoms. The zero-order valence-corrected chi connectivity index (χ0v) is 5.00. The lowest BCUT2D eigenvalue weighted by atomic mass is 10.1. The van der Waals surface area contributed by atoms with Gasteiger partial charge in [0.05, 0.1) is 0 Å². The van der Waals surface area contributed by atoms with Crippen molar-refractivity contribution in [2.45, 2.75) is 6.42 Å². The minimum Gasteiger partial charge on any atom is -0.388 e. The lowest BCUT2D eigenvalue weighted by molar-refractivity contribution is -0.118. The van der Waals surface area contributed by atoms with Crippen molar-refractivity contribution in [2.24, 2.45) is 0 Å². The highest BCUT2D eigenvalue weighted by Crippen LogP contribution is 2.10. The molecule has 2 nitrogen and oxygen atoms in total. The molecular formula is C7H8O2. The van der Waals surface area contributed by atoms with Crippen LogP contribution >= 0.6 is 0 Å². The van der Waals surface area contributed by atoms with Gasteiger partial charge in [-0.1, -0.05) is 18.2 Å². The molecular weight excluding hydrogens is 116 g/mol. The van der Waals surface area contributed by atoms with Crippen molar-refractivity contribution >= 4 is 5.78 Å². The van der Waals surface area contributed by atoms with E-state index in [0.717, 1.165) is 0 Å². The maximum atomic E-state index is 10.7. The summed E-state index contributed by atoms with van der Waals surface area (Å²) < 4.78 is 0. The van der Waals surface area contributed by atoms with Crippen LogP contribution in [0.5, 0.6) is 0 Å². The predicted octanol–water partition coefficient (Wildman–Crippen LogP) is 0.434. The smallest absolute Gasteiger partial charge is 0.184 e. The van der Waals surface area contributed by atoms with Gasteiger partial charge in [-0.2, -0.15) is 0 Å². The van der Waals surface area contributed by atoms with E-state index in [1.165, 1.54) is 0 Å². The Morgan fingerprint density at radius 3 is 3.00 bits per heavy atom. The molecule has 0 aromatic carbocycles. The second-order valence-corrected chi connectivity index (χ2v) is 1.91. The molecule has 0 spiro atoms. The summed E-state index contributed by atoms with van der Waals surface area (Å²) in [6, 6.07) is 0. The van der Waals surface area contributed by atoms with Gasteiger partial charge in [-0.05, 0) is 6.42 Å². The molecule has 2 heteroatoms. The van der Waals surface area contributed by atoms with Crippen LogP contribution in [0.3, 0.4) is 0 Å². The van der Waals surface area contributed by atoms with E-state index in [0.29, 0.717) is 12.0 Å². The van der Waals surface area contributed by atoms with Crippen LogP contribution in [0.25, 0.3) is 0 Å². The van der Waals surface area contributed by atoms with E-state index in [4.69, 9.17) is 5.11 Å². The molecule has 0 amide bonds. The minimum absolute atomic E-state index is 0.167. The van der Waals surface area contributed by atoms with Crippen LogP contribution in [0.4, 0.5) is 0 Å². The van der Waals surface area contributed by atoms with E-state index >= 15 is 0 Å². The Balaban J connectivity index is 2.55. The topological polar surface area (TPSA) is 37.3 Å². The summed E-state index contributed by atoms with van der Waals surface area (Å²) in [5.74, 6) is -0.167. The first-order valence-electron chi connectivity index (χ1n) is 2.84. The highest BCUT2D eigenvalue weighted by atomic mass is 16.3. The zero-order valence-electron chi connectivity index (χ0n) is 5.00. The number of ketones is 1. The predicted molar refractivity (Wildman–Crippen MR) is 33.9 cm³/mol. The molecule has 1 aliphatic rings. The van der Waals surface area contributed by atoms with Crippen LogP contribution in [0.1, 0.15) is 6.42 Å². The molecule has 0 atom stereocenters. The molecule has 1 N–H and O–H groups in total. The third-order valence-corrected chi connectivity index (χ3v) is 1.27. The molecule has 9 heavy (non-hydrogen) atoms. The van der Waals surface area contributed by atoms with E-state index in [9.17, 15) is 4.79 Å². The monoisotopic (exact) mass is 124 g/mol. The van der Waals surface area contributed by atoms with Gasteiger partial charge in [-0.15, -0.1) is 0 Å². The number of carbonyl (C=O) groups is 1. The summed E-state index contributed by atoms with van der Waals surface area (Å²) in [4.78, 5) is 10.7. The normalized spacial score (nSPS) is 15.9. The molecule has 0 radical (unpaired) electrons. The van der Waals surface area contributed by atoms with Gasteiger partial charge in [0.2, 0.25) is 0 Å². The van der Waals surface area contributed by atoms with Crippen molar-refractivity contribution in [2.75, 3.05) is 6.61 Å². The van der Waals surface area contributed by atoms with Gasteiger partial charge in [-0.3, -0.25) is 4.79 Å². The van der Waals surface area contributed by atoms with Gasteiger partial charge in [0.15, 0.2) is 5.78 Å². The molecule has 0 aromatic heterocycles. The molecule has 0 aromatic rings. The fourth-order valence-electron chi connectivity index (χ4n) is 0.756. The van der Waals surface area contributed by atoms with Crippen molar-refractivity contribution in [1.29, 1.82) is 0 Å². The van der Waals surface area contributed by atoms with Crippen molar-refractivity contribution in [3.8, 4) is 0 Å². The first kappa shape index (κ1) is 6.23. The molecule has 0 saturated heterocycles. The molecule has 48 valence electrons. The molecule has 0 saturated carbocycles. The van der Waals surface area contributed by atoms with Crippen LogP contribution in [-0.2, 0) is 4.79 Å². The van der Waals surface area contributed by atoms with Gasteiger partial charge in [0.25, 0.3) is 0 Å². The van der Waals surface area contributed by atoms with Gasteiger partial charge >= 0.3 is 0 Å². The lowest BCUT2D eigenvalue weighted by Crippen LogP contribution is -2.05. The maximum absolute atomic E-state index is 10.7. The summed E-state index contributed by atoms with van der Waals surface area (Å²) >= 11 is 0. The Morgan fingerprint density at radius 1 is 1.78 bits per heavy atom. The van der Waals surface area contributed by atoms with Crippen LogP contribution in [0.2, 0.25) is 0 Å². The standard InChI is InChI=1S/C7H8O2/c8-5-7(9)6-3-1-2-4-6/h1-3,8H,4-5H2. The van der Waals surface area contributed by atoms with Gasteiger partial charge in [0, 0.05) is 5.57 Å². The molecule has 0 unspecified atom stereocenters. The number of allylic oxidation sites excluding steroid dienone is 3. The number of aliphatic hydroxyl groups is 1. The first-order valence-corrected chi connectivity index (χ1v) is 2.84. The summed E-state index contributed by atoms with van der Waals surface area (Å²) in [6.45, 7) is -0.368. The van der Waals surface area contributed by atoms with Crippen LogP contribution in [-0.4, -0.2) is 17.5 Å². The van der Waals surface area contributed by atoms with Crippen molar-refractivity contribution in [1.82, 2.24) is 0 Å². The Hall–Kier alpha value is -0.890. The average Bonchev–Trinajstić information content (AvgIpc) is 2.37. The van der Waals surface area contributed by atoms with Crippen molar-refractivity contribution in [3.63, 3.8) is 0 Å². The summed E-state index contributed by atoms with van der Waals surface area (Å²) in [5, 5.41) is 8.38. The number of carbonyl (C=O) groups excluding carboxylic acids is 1. The Morgan fingerprint density at radius 2 is 2.56 bits per heavy atom. The number of hydrogen-bond donors (Lipinski definition) is 1. The fourth-order valence-corrected chi connectivity index (χ4v) is 0.756. The average molecular weight is 124 g/mol. The quantitative estimate of drug-likeness (QED) is 0.579. The fraction of sp³-hybridized carbons (Fsp3) is 0.286. The highest BCUT2D eigenvalue weighted by molar-refractivity contribution is 5.97. The van der Waals surface area contributed by atoms with Crippen molar-refractivity contribution < 1.29 is 9.90 Å². The zero-order chi connectivity index (χ0) is 6.69. The Labute approximate surface area is 53.5 Å². The van der Waals surface area contributed by atoms with Gasteiger partial charge < -0.3 is 5.11 Å². The number of Topliss-reactive ketones (excluding diaryl/α,β-unsaturated/α-hetero) is 1. The van der Waals surface area contributed by atoms with E-state index in [1.54, 1.807) is 6.08 Å². The Kier molecular flexibility index (Phi) is 1.80. The molecule has 0 heterocycles. The van der Waals surface area contributed by atoms with Crippen molar-refractivity contribution in [3.05, 3.63) is 23.8 Å². The first-order chi connectivity index (χ1) is 4.34. The van der Waals surface area contributed by atoms with E-state index in [2.05, 4.69) is 0 Å². The van der Waals surface area contributed by atoms with E-state index < -0.39 is 0 Å². The molecule has 0 aliphatic heterocycles. The summed E-state index contributed by atoms with van der Waals surface area (Å²) in [6.07, 6.45) is 6.13. The summed E-state index contributed by atoms with van der Waals surface area (Å²) in [7, 11) is 0. The van der Waals surface area contributed by atoms with E-state index in [1.807, 2.05) is 12.2 Å². The largest absolute Gasteiger partial charge is 0.388 e. The highest BCUT2D eigenvalue weighted by Gasteiger charge is 2.07. The SMILES string of the molecule is O=C(CO)C1=CC=CC1. The maximum Gasteiger partial charge on any atom is 0.184 e. The molecule has 0 fully saturated rings. The van der Waals surface area contributed by atoms with E-state index in [-0.39, 0.29) is 12.4 Å². The second-order valence-electron chi connectivity index (χ2n) is 1.91. The molecule has 1 aliphatic carbocycles.